The van der Waals surface area contributed by atoms with E-state index in [1.54, 1.807) is 36.4 Å². The van der Waals surface area contributed by atoms with Crippen LogP contribution in [0.5, 0.6) is 5.75 Å². The highest BCUT2D eigenvalue weighted by Crippen LogP contribution is 2.37. The molecule has 0 aromatic heterocycles. The maximum atomic E-state index is 14.1. The van der Waals surface area contributed by atoms with Gasteiger partial charge in [0.15, 0.2) is 0 Å². The number of nitrogens with one attached hydrogen (secondary N) is 2. The summed E-state index contributed by atoms with van der Waals surface area (Å²) >= 11 is 0. The number of carbonyl (C=O) groups is 5. The Balaban J connectivity index is 1.43. The van der Waals surface area contributed by atoms with Crippen LogP contribution in [0.3, 0.4) is 0 Å². The van der Waals surface area contributed by atoms with Gasteiger partial charge in [-0.25, -0.2) is 4.79 Å². The predicted molar refractivity (Wildman–Crippen MR) is 183 cm³/mol. The maximum absolute atomic E-state index is 14.1. The SMILES string of the molecule is CC(=O)NCCOC(=O)c1ccc(OC(=O)CCCc2ccc(NC(=O)c3c(-c4ccccc4)cccc3C(F)(F)F)c(C(=O)N(C)C)c2)cc1. The van der Waals surface area contributed by atoms with Crippen molar-refractivity contribution in [2.45, 2.75) is 32.4 Å². The first-order chi connectivity index (χ1) is 24.2. The number of anilines is 1. The minimum Gasteiger partial charge on any atom is -0.460 e. The van der Waals surface area contributed by atoms with E-state index >= 15 is 0 Å². The number of carbonyl (C=O) groups excluding carboxylic acids is 5. The Labute approximate surface area is 292 Å². The van der Waals surface area contributed by atoms with Gasteiger partial charge in [0.1, 0.15) is 12.4 Å². The lowest BCUT2D eigenvalue weighted by molar-refractivity contribution is -0.138. The molecule has 0 atom stereocenters. The van der Waals surface area contributed by atoms with Gasteiger partial charge in [-0.15, -0.1) is 0 Å². The summed E-state index contributed by atoms with van der Waals surface area (Å²) in [5.74, 6) is -2.67. The Bertz CT molecular complexity index is 1890. The van der Waals surface area contributed by atoms with Crippen LogP contribution in [0.15, 0.2) is 91.0 Å². The van der Waals surface area contributed by atoms with Gasteiger partial charge in [0.2, 0.25) is 5.91 Å². The Morgan fingerprint density at radius 2 is 1.55 bits per heavy atom. The van der Waals surface area contributed by atoms with Crippen molar-refractivity contribution in [1.82, 2.24) is 10.2 Å². The molecule has 0 saturated heterocycles. The van der Waals surface area contributed by atoms with Crippen LogP contribution in [0, 0.1) is 0 Å². The number of hydrogen-bond acceptors (Lipinski definition) is 7. The van der Waals surface area contributed by atoms with Gasteiger partial charge in [0.25, 0.3) is 11.8 Å². The molecule has 13 heteroatoms. The summed E-state index contributed by atoms with van der Waals surface area (Å²) in [6.07, 6.45) is -4.13. The number of halogens is 3. The highest BCUT2D eigenvalue weighted by atomic mass is 19.4. The molecular formula is C38H36F3N3O7. The molecule has 3 amide bonds. The normalized spacial score (nSPS) is 10.9. The van der Waals surface area contributed by atoms with Crippen LogP contribution in [-0.2, 0) is 26.9 Å². The fourth-order valence-corrected chi connectivity index (χ4v) is 5.08. The van der Waals surface area contributed by atoms with Crippen molar-refractivity contribution in [3.05, 3.63) is 119 Å². The molecule has 0 unspecified atom stereocenters. The van der Waals surface area contributed by atoms with E-state index in [9.17, 15) is 37.1 Å². The fourth-order valence-electron chi connectivity index (χ4n) is 5.08. The summed E-state index contributed by atoms with van der Waals surface area (Å²) in [7, 11) is 3.01. The molecule has 10 nitrogen and oxygen atoms in total. The molecule has 266 valence electrons. The third kappa shape index (κ3) is 10.5. The summed E-state index contributed by atoms with van der Waals surface area (Å²) in [4.78, 5) is 63.6. The molecule has 0 aliphatic rings. The molecule has 0 aliphatic heterocycles. The zero-order valence-corrected chi connectivity index (χ0v) is 28.1. The van der Waals surface area contributed by atoms with Crippen LogP contribution in [-0.4, -0.2) is 61.8 Å². The first-order valence-corrected chi connectivity index (χ1v) is 15.9. The second-order valence-electron chi connectivity index (χ2n) is 11.6. The van der Waals surface area contributed by atoms with E-state index in [1.165, 1.54) is 74.4 Å². The largest absolute Gasteiger partial charge is 0.460 e. The average Bonchev–Trinajstić information content (AvgIpc) is 3.10. The molecule has 51 heavy (non-hydrogen) atoms. The molecule has 0 saturated carbocycles. The Hall–Kier alpha value is -5.98. The molecule has 2 N–H and O–H groups in total. The van der Waals surface area contributed by atoms with E-state index in [1.807, 2.05) is 0 Å². The van der Waals surface area contributed by atoms with E-state index in [2.05, 4.69) is 10.6 Å². The predicted octanol–water partition coefficient (Wildman–Crippen LogP) is 6.55. The third-order valence-corrected chi connectivity index (χ3v) is 7.53. The summed E-state index contributed by atoms with van der Waals surface area (Å²) in [6.45, 7) is 1.54. The second kappa shape index (κ2) is 17.1. The van der Waals surface area contributed by atoms with Gasteiger partial charge in [-0.3, -0.25) is 19.2 Å². The molecule has 0 radical (unpaired) electrons. The molecular weight excluding hydrogens is 667 g/mol. The fraction of sp³-hybridized carbons (Fsp3) is 0.237. The monoisotopic (exact) mass is 703 g/mol. The number of nitrogens with zero attached hydrogens (tertiary/aromatic N) is 1. The zero-order valence-electron chi connectivity index (χ0n) is 28.1. The van der Waals surface area contributed by atoms with E-state index in [0.717, 1.165) is 6.07 Å². The number of aryl methyl sites for hydroxylation is 1. The van der Waals surface area contributed by atoms with Crippen LogP contribution < -0.4 is 15.4 Å². The summed E-state index contributed by atoms with van der Waals surface area (Å²) in [5.41, 5.74) is -0.212. The number of hydrogen-bond donors (Lipinski definition) is 2. The quantitative estimate of drug-likeness (QED) is 0.0918. The summed E-state index contributed by atoms with van der Waals surface area (Å²) in [5, 5.41) is 5.05. The molecule has 4 aromatic carbocycles. The van der Waals surface area contributed by atoms with Gasteiger partial charge >= 0.3 is 18.1 Å². The number of esters is 2. The van der Waals surface area contributed by atoms with Crippen LogP contribution in [0.25, 0.3) is 11.1 Å². The topological polar surface area (TPSA) is 131 Å². The molecule has 0 fully saturated rings. The van der Waals surface area contributed by atoms with Crippen molar-refractivity contribution in [3.8, 4) is 16.9 Å². The van der Waals surface area contributed by atoms with Crippen molar-refractivity contribution in [3.63, 3.8) is 0 Å². The Morgan fingerprint density at radius 3 is 2.20 bits per heavy atom. The average molecular weight is 704 g/mol. The lowest BCUT2D eigenvalue weighted by Gasteiger charge is -2.19. The minimum absolute atomic E-state index is 0.00337. The van der Waals surface area contributed by atoms with Crippen LogP contribution in [0.1, 0.15) is 62.0 Å². The van der Waals surface area contributed by atoms with Gasteiger partial charge in [0.05, 0.1) is 34.5 Å². The number of alkyl halides is 3. The van der Waals surface area contributed by atoms with Crippen molar-refractivity contribution in [1.29, 1.82) is 0 Å². The molecule has 4 rings (SSSR count). The Kier molecular flexibility index (Phi) is 12.7. The lowest BCUT2D eigenvalue weighted by atomic mass is 9.94. The third-order valence-electron chi connectivity index (χ3n) is 7.53. The van der Waals surface area contributed by atoms with E-state index < -0.39 is 41.1 Å². The molecule has 4 aromatic rings. The number of amides is 3. The summed E-state index contributed by atoms with van der Waals surface area (Å²) in [6, 6.07) is 22.1. The highest BCUT2D eigenvalue weighted by molar-refractivity contribution is 6.12. The van der Waals surface area contributed by atoms with E-state index in [4.69, 9.17) is 9.47 Å². The van der Waals surface area contributed by atoms with Gasteiger partial charge in [-0.1, -0.05) is 48.5 Å². The molecule has 0 aliphatic carbocycles. The smallest absolute Gasteiger partial charge is 0.417 e. The van der Waals surface area contributed by atoms with Crippen molar-refractivity contribution in [2.24, 2.45) is 0 Å². The van der Waals surface area contributed by atoms with Gasteiger partial charge < -0.3 is 25.0 Å². The first kappa shape index (κ1) is 37.8. The second-order valence-corrected chi connectivity index (χ2v) is 11.6. The van der Waals surface area contributed by atoms with Crippen LogP contribution in [0.4, 0.5) is 18.9 Å². The van der Waals surface area contributed by atoms with Crippen molar-refractivity contribution in [2.75, 3.05) is 32.6 Å². The molecule has 0 spiro atoms. The Morgan fingerprint density at radius 1 is 0.843 bits per heavy atom. The van der Waals surface area contributed by atoms with Crippen molar-refractivity contribution >= 4 is 35.3 Å². The highest BCUT2D eigenvalue weighted by Gasteiger charge is 2.37. The summed E-state index contributed by atoms with van der Waals surface area (Å²) < 4.78 is 52.8. The first-order valence-electron chi connectivity index (χ1n) is 15.9. The van der Waals surface area contributed by atoms with Gasteiger partial charge in [-0.05, 0) is 72.0 Å². The number of rotatable bonds is 13. The van der Waals surface area contributed by atoms with E-state index in [-0.39, 0.29) is 53.6 Å². The minimum atomic E-state index is -4.82. The number of benzene rings is 4. The zero-order chi connectivity index (χ0) is 37.1. The maximum Gasteiger partial charge on any atom is 0.417 e. The van der Waals surface area contributed by atoms with Crippen LogP contribution in [0.2, 0.25) is 0 Å². The number of ether oxygens (including phenoxy) is 2. The standard InChI is InChI=1S/C38H36F3N3O7/c1-24(45)42-21-22-50-37(49)27-16-18-28(19-17-27)51-33(46)14-7-9-25-15-20-32(30(23-25)36(48)44(2)3)43-35(47)34-29(26-10-5-4-6-11-26)12-8-13-31(34)38(39,40)41/h4-6,8,10-13,15-20,23H,7,9,14,21-22H2,1-3H3,(H,42,45)(H,43,47). The van der Waals surface area contributed by atoms with Crippen molar-refractivity contribution < 1.29 is 46.6 Å². The van der Waals surface area contributed by atoms with Gasteiger partial charge in [0, 0.05) is 27.4 Å². The van der Waals surface area contributed by atoms with E-state index in [0.29, 0.717) is 24.0 Å². The van der Waals surface area contributed by atoms with Gasteiger partial charge in [-0.2, -0.15) is 13.2 Å². The molecule has 0 heterocycles. The van der Waals surface area contributed by atoms with Crippen LogP contribution >= 0.6 is 0 Å². The molecule has 0 bridgehead atoms. The lowest BCUT2D eigenvalue weighted by Crippen LogP contribution is -2.25.